The molecule has 0 saturated heterocycles. The molecule has 6 nitrogen and oxygen atoms in total. The first-order valence-electron chi connectivity index (χ1n) is 9.13. The van der Waals surface area contributed by atoms with Crippen molar-refractivity contribution in [3.05, 3.63) is 65.9 Å². The molecule has 1 aliphatic rings. The van der Waals surface area contributed by atoms with E-state index in [4.69, 9.17) is 4.74 Å². The van der Waals surface area contributed by atoms with Gasteiger partial charge in [-0.1, -0.05) is 23.9 Å². The van der Waals surface area contributed by atoms with Gasteiger partial charge in [-0.05, 0) is 37.3 Å². The van der Waals surface area contributed by atoms with Gasteiger partial charge in [0.25, 0.3) is 0 Å². The molecule has 0 spiro atoms. The van der Waals surface area contributed by atoms with Gasteiger partial charge in [-0.25, -0.2) is 13.8 Å². The number of carbonyl (C=O) groups is 2. The first-order chi connectivity index (χ1) is 14.4. The Morgan fingerprint density at radius 1 is 1.17 bits per heavy atom. The molecule has 0 atom stereocenters. The number of rotatable bonds is 6. The monoisotopic (exact) mass is 431 g/mol. The highest BCUT2D eigenvalue weighted by Crippen LogP contribution is 2.31. The second kappa shape index (κ2) is 10.0. The fourth-order valence-corrected chi connectivity index (χ4v) is 3.37. The molecule has 1 heterocycles. The van der Waals surface area contributed by atoms with Crippen LogP contribution in [-0.2, 0) is 14.3 Å². The van der Waals surface area contributed by atoms with Gasteiger partial charge in [0.15, 0.2) is 11.6 Å². The first kappa shape index (κ1) is 21.5. The lowest BCUT2D eigenvalue weighted by atomic mass is 10.2. The molecule has 0 bridgehead atoms. The van der Waals surface area contributed by atoms with E-state index in [1.165, 1.54) is 6.07 Å². The van der Waals surface area contributed by atoms with Gasteiger partial charge in [0.1, 0.15) is 0 Å². The van der Waals surface area contributed by atoms with Crippen LogP contribution in [0, 0.1) is 11.6 Å². The zero-order valence-electron chi connectivity index (χ0n) is 16.1. The molecule has 3 rings (SSSR count). The van der Waals surface area contributed by atoms with Crippen LogP contribution in [-0.4, -0.2) is 29.3 Å². The van der Waals surface area contributed by atoms with Crippen LogP contribution < -0.4 is 10.6 Å². The third-order valence-electron chi connectivity index (χ3n) is 3.92. The maximum absolute atomic E-state index is 13.3. The number of amides is 1. The minimum atomic E-state index is -1.04. The Labute approximate surface area is 176 Å². The average Bonchev–Trinajstić information content (AvgIpc) is 2.88. The molecule has 0 unspecified atom stereocenters. The molecule has 0 fully saturated rings. The molecule has 1 aliphatic heterocycles. The van der Waals surface area contributed by atoms with Crippen LogP contribution in [0.15, 0.2) is 59.2 Å². The van der Waals surface area contributed by atoms with E-state index in [2.05, 4.69) is 15.6 Å². The lowest BCUT2D eigenvalue weighted by Gasteiger charge is -2.10. The molecule has 2 aromatic rings. The topological polar surface area (TPSA) is 79.8 Å². The van der Waals surface area contributed by atoms with Gasteiger partial charge in [0.05, 0.1) is 35.2 Å². The summed E-state index contributed by atoms with van der Waals surface area (Å²) in [5, 5.41) is 6.21. The van der Waals surface area contributed by atoms with Crippen molar-refractivity contribution in [2.45, 2.75) is 13.3 Å². The maximum Gasteiger partial charge on any atom is 0.311 e. The van der Waals surface area contributed by atoms with Gasteiger partial charge in [-0.15, -0.1) is 0 Å². The smallest absolute Gasteiger partial charge is 0.311 e. The number of anilines is 2. The van der Waals surface area contributed by atoms with Gasteiger partial charge < -0.3 is 15.4 Å². The van der Waals surface area contributed by atoms with Crippen LogP contribution in [0.2, 0.25) is 0 Å². The van der Waals surface area contributed by atoms with Crippen molar-refractivity contribution in [2.75, 3.05) is 23.0 Å². The van der Waals surface area contributed by atoms with Crippen LogP contribution >= 0.6 is 11.8 Å². The minimum absolute atomic E-state index is 0.0107. The fraction of sp³-hybridized carbons (Fsp3) is 0.190. The van der Waals surface area contributed by atoms with E-state index in [0.717, 1.165) is 29.6 Å². The molecule has 30 heavy (non-hydrogen) atoms. The zero-order chi connectivity index (χ0) is 21.5. The second-order valence-corrected chi connectivity index (χ2v) is 7.20. The van der Waals surface area contributed by atoms with Gasteiger partial charge in [0.2, 0.25) is 5.91 Å². The van der Waals surface area contributed by atoms with Crippen molar-refractivity contribution < 1.29 is 23.1 Å². The van der Waals surface area contributed by atoms with E-state index < -0.39 is 17.5 Å². The predicted molar refractivity (Wildman–Crippen MR) is 114 cm³/mol. The molecule has 156 valence electrons. The minimum Gasteiger partial charge on any atom is -0.466 e. The summed E-state index contributed by atoms with van der Waals surface area (Å²) in [6.45, 7) is 2.01. The molecule has 2 aromatic carbocycles. The molecule has 0 saturated carbocycles. The van der Waals surface area contributed by atoms with Crippen LogP contribution in [0.25, 0.3) is 0 Å². The Bertz CT molecular complexity index is 1020. The highest BCUT2D eigenvalue weighted by atomic mass is 32.2. The standard InChI is InChI=1S/C21H19F2N3O3S/c1-2-29-21(28)11-14-10-20(26-18-6-4-3-5-17(18)24-14)30-12-19(27)25-13-7-8-15(22)16(23)9-13/h3-10,24H,2,11-12H2,1H3,(H,25,27). The number of hydrogen-bond donors (Lipinski definition) is 2. The number of carbonyl (C=O) groups excluding carboxylic acids is 2. The van der Waals surface area contributed by atoms with Crippen molar-refractivity contribution in [2.24, 2.45) is 4.99 Å². The van der Waals surface area contributed by atoms with E-state index in [1.807, 2.05) is 24.3 Å². The van der Waals surface area contributed by atoms with Crippen LogP contribution in [0.3, 0.4) is 0 Å². The summed E-state index contributed by atoms with van der Waals surface area (Å²) in [5.41, 5.74) is 2.14. The molecule has 9 heteroatoms. The van der Waals surface area contributed by atoms with Gasteiger partial charge >= 0.3 is 5.97 Å². The van der Waals surface area contributed by atoms with Crippen LogP contribution in [0.5, 0.6) is 0 Å². The highest BCUT2D eigenvalue weighted by Gasteiger charge is 2.16. The molecule has 2 N–H and O–H groups in total. The van der Waals surface area contributed by atoms with Crippen LogP contribution in [0.4, 0.5) is 25.8 Å². The van der Waals surface area contributed by atoms with E-state index in [0.29, 0.717) is 16.4 Å². The van der Waals surface area contributed by atoms with Gasteiger partial charge in [-0.3, -0.25) is 9.59 Å². The van der Waals surface area contributed by atoms with Crippen LogP contribution in [0.1, 0.15) is 13.3 Å². The van der Waals surface area contributed by atoms with Crippen molar-refractivity contribution in [1.82, 2.24) is 0 Å². The number of para-hydroxylation sites is 2. The van der Waals surface area contributed by atoms with E-state index in [1.54, 1.807) is 13.0 Å². The Morgan fingerprint density at radius 3 is 2.73 bits per heavy atom. The third kappa shape index (κ3) is 5.90. The zero-order valence-corrected chi connectivity index (χ0v) is 16.9. The maximum atomic E-state index is 13.3. The quantitative estimate of drug-likeness (QED) is 0.652. The number of nitrogens with zero attached hydrogens (tertiary/aromatic N) is 1. The number of nitrogens with one attached hydrogen (secondary N) is 2. The number of hydrogen-bond acceptors (Lipinski definition) is 6. The molecule has 0 aromatic heterocycles. The number of aliphatic imine (C=N–C) groups is 1. The summed E-state index contributed by atoms with van der Waals surface area (Å²) in [4.78, 5) is 28.7. The van der Waals surface area contributed by atoms with E-state index in [9.17, 15) is 18.4 Å². The van der Waals surface area contributed by atoms with Gasteiger partial charge in [0, 0.05) is 17.5 Å². The number of ether oxygens (including phenoxy) is 1. The van der Waals surface area contributed by atoms with Crippen molar-refractivity contribution in [3.63, 3.8) is 0 Å². The molecule has 1 amide bonds. The number of thioether (sulfide) groups is 1. The Kier molecular flexibility index (Phi) is 7.18. The number of fused-ring (bicyclic) bond motifs is 1. The third-order valence-corrected chi connectivity index (χ3v) is 4.83. The van der Waals surface area contributed by atoms with Crippen molar-refractivity contribution >= 4 is 45.7 Å². The molecule has 0 aliphatic carbocycles. The SMILES string of the molecule is CCOC(=O)CC1=CC(SCC(=O)Nc2ccc(F)c(F)c2)=Nc2ccccc2N1. The predicted octanol–water partition coefficient (Wildman–Crippen LogP) is 4.63. The van der Waals surface area contributed by atoms with Crippen molar-refractivity contribution in [1.29, 1.82) is 0 Å². The summed E-state index contributed by atoms with van der Waals surface area (Å²) < 4.78 is 31.3. The van der Waals surface area contributed by atoms with Gasteiger partial charge in [-0.2, -0.15) is 0 Å². The second-order valence-electron chi connectivity index (χ2n) is 6.21. The fourth-order valence-electron chi connectivity index (χ4n) is 2.63. The summed E-state index contributed by atoms with van der Waals surface area (Å²) >= 11 is 1.15. The largest absolute Gasteiger partial charge is 0.466 e. The highest BCUT2D eigenvalue weighted by molar-refractivity contribution is 8.14. The summed E-state index contributed by atoms with van der Waals surface area (Å²) in [6.07, 6.45) is 1.72. The molecule has 0 radical (unpaired) electrons. The van der Waals surface area contributed by atoms with E-state index in [-0.39, 0.29) is 30.4 Å². The summed E-state index contributed by atoms with van der Waals surface area (Å²) in [6, 6.07) is 10.5. The lowest BCUT2D eigenvalue weighted by molar-refractivity contribution is -0.142. The Morgan fingerprint density at radius 2 is 1.97 bits per heavy atom. The van der Waals surface area contributed by atoms with E-state index >= 15 is 0 Å². The number of esters is 1. The number of halogens is 2. The summed E-state index contributed by atoms with van der Waals surface area (Å²) in [7, 11) is 0. The Hall–Kier alpha value is -3.20. The lowest BCUT2D eigenvalue weighted by Crippen LogP contribution is -2.15. The average molecular weight is 431 g/mol. The molecular weight excluding hydrogens is 412 g/mol. The normalized spacial score (nSPS) is 12.6. The molecular formula is C21H19F2N3O3S. The number of benzene rings is 2. The first-order valence-corrected chi connectivity index (χ1v) is 10.1. The Balaban J connectivity index is 1.71. The van der Waals surface area contributed by atoms with Crippen molar-refractivity contribution in [3.8, 4) is 0 Å². The summed E-state index contributed by atoms with van der Waals surface area (Å²) in [5.74, 6) is -2.82.